The van der Waals surface area contributed by atoms with E-state index in [0.29, 0.717) is 6.04 Å². The molecule has 1 heterocycles. The largest absolute Gasteiger partial charge is 0.496 e. The van der Waals surface area contributed by atoms with Crippen molar-refractivity contribution in [3.63, 3.8) is 0 Å². The van der Waals surface area contributed by atoms with E-state index in [9.17, 15) is 0 Å². The standard InChI is InChI=1S/C15H23NO/c1-3-13-10-12(7-8-15(13)17-2)11-14-6-4-5-9-16-14/h7-8,10,14,16H,3-6,9,11H2,1-2H3. The molecule has 0 aliphatic carbocycles. The highest BCUT2D eigenvalue weighted by molar-refractivity contribution is 5.37. The Morgan fingerprint density at radius 3 is 2.88 bits per heavy atom. The molecule has 1 aromatic carbocycles. The number of ether oxygens (including phenoxy) is 1. The first-order chi connectivity index (χ1) is 8.33. The van der Waals surface area contributed by atoms with Crippen molar-refractivity contribution in [1.29, 1.82) is 0 Å². The van der Waals surface area contributed by atoms with E-state index in [1.165, 1.54) is 36.9 Å². The summed E-state index contributed by atoms with van der Waals surface area (Å²) in [5.41, 5.74) is 2.75. The quantitative estimate of drug-likeness (QED) is 0.863. The summed E-state index contributed by atoms with van der Waals surface area (Å²) in [6.45, 7) is 3.36. The predicted octanol–water partition coefficient (Wildman–Crippen LogP) is 2.94. The second-order valence-corrected chi connectivity index (χ2v) is 4.85. The van der Waals surface area contributed by atoms with Crippen LogP contribution in [0.4, 0.5) is 0 Å². The molecule has 1 unspecified atom stereocenters. The van der Waals surface area contributed by atoms with E-state index < -0.39 is 0 Å². The molecule has 1 N–H and O–H groups in total. The highest BCUT2D eigenvalue weighted by atomic mass is 16.5. The number of benzene rings is 1. The van der Waals surface area contributed by atoms with Crippen LogP contribution in [0.25, 0.3) is 0 Å². The molecular weight excluding hydrogens is 210 g/mol. The summed E-state index contributed by atoms with van der Waals surface area (Å²) in [6, 6.07) is 7.28. The summed E-state index contributed by atoms with van der Waals surface area (Å²) in [4.78, 5) is 0. The van der Waals surface area contributed by atoms with Gasteiger partial charge in [0.2, 0.25) is 0 Å². The first kappa shape index (κ1) is 12.4. The van der Waals surface area contributed by atoms with Crippen LogP contribution >= 0.6 is 0 Å². The molecule has 0 bridgehead atoms. The van der Waals surface area contributed by atoms with Crippen molar-refractivity contribution in [3.05, 3.63) is 29.3 Å². The fraction of sp³-hybridized carbons (Fsp3) is 0.600. The summed E-state index contributed by atoms with van der Waals surface area (Å²) in [5, 5.41) is 3.60. The minimum absolute atomic E-state index is 0.668. The summed E-state index contributed by atoms with van der Waals surface area (Å²) in [7, 11) is 1.75. The van der Waals surface area contributed by atoms with Crippen molar-refractivity contribution in [2.75, 3.05) is 13.7 Å². The Hall–Kier alpha value is -1.02. The summed E-state index contributed by atoms with van der Waals surface area (Å²) in [5.74, 6) is 1.02. The van der Waals surface area contributed by atoms with E-state index in [0.717, 1.165) is 18.6 Å². The van der Waals surface area contributed by atoms with Gasteiger partial charge in [-0.15, -0.1) is 0 Å². The molecule has 2 heteroatoms. The minimum atomic E-state index is 0.668. The zero-order valence-electron chi connectivity index (χ0n) is 11.0. The van der Waals surface area contributed by atoms with E-state index in [4.69, 9.17) is 4.74 Å². The van der Waals surface area contributed by atoms with Crippen molar-refractivity contribution < 1.29 is 4.74 Å². The van der Waals surface area contributed by atoms with Gasteiger partial charge in [-0.2, -0.15) is 0 Å². The second kappa shape index (κ2) is 6.06. The van der Waals surface area contributed by atoms with Crippen molar-refractivity contribution in [2.45, 2.75) is 45.1 Å². The monoisotopic (exact) mass is 233 g/mol. The predicted molar refractivity (Wildman–Crippen MR) is 71.7 cm³/mol. The first-order valence-corrected chi connectivity index (χ1v) is 6.72. The Balaban J connectivity index is 2.05. The van der Waals surface area contributed by atoms with Gasteiger partial charge in [0, 0.05) is 6.04 Å². The van der Waals surface area contributed by atoms with Crippen molar-refractivity contribution in [3.8, 4) is 5.75 Å². The first-order valence-electron chi connectivity index (χ1n) is 6.72. The van der Waals surface area contributed by atoms with Crippen LogP contribution in [0.1, 0.15) is 37.3 Å². The van der Waals surface area contributed by atoms with Crippen molar-refractivity contribution >= 4 is 0 Å². The van der Waals surface area contributed by atoms with Crippen LogP contribution in [0.15, 0.2) is 18.2 Å². The third kappa shape index (κ3) is 3.22. The molecular formula is C15H23NO. The summed E-state index contributed by atoms with van der Waals surface area (Å²) in [6.07, 6.45) is 6.20. The molecule has 0 spiro atoms. The van der Waals surface area contributed by atoms with Gasteiger partial charge in [-0.1, -0.05) is 25.5 Å². The topological polar surface area (TPSA) is 21.3 Å². The Morgan fingerprint density at radius 2 is 2.24 bits per heavy atom. The molecule has 1 fully saturated rings. The van der Waals surface area contributed by atoms with Crippen LogP contribution in [-0.2, 0) is 12.8 Å². The number of hydrogen-bond acceptors (Lipinski definition) is 2. The van der Waals surface area contributed by atoms with Gasteiger partial charge in [0.15, 0.2) is 0 Å². The van der Waals surface area contributed by atoms with E-state index in [2.05, 4.69) is 30.4 Å². The molecule has 2 rings (SSSR count). The fourth-order valence-corrected chi connectivity index (χ4v) is 2.62. The number of rotatable bonds is 4. The lowest BCUT2D eigenvalue weighted by molar-refractivity contribution is 0.397. The van der Waals surface area contributed by atoms with E-state index in [-0.39, 0.29) is 0 Å². The Labute approximate surface area is 104 Å². The molecule has 1 atom stereocenters. The third-order valence-electron chi connectivity index (χ3n) is 3.62. The van der Waals surface area contributed by atoms with Gasteiger partial charge in [0.05, 0.1) is 7.11 Å². The lowest BCUT2D eigenvalue weighted by atomic mass is 9.96. The lowest BCUT2D eigenvalue weighted by Gasteiger charge is -2.23. The van der Waals surface area contributed by atoms with Crippen LogP contribution in [0.5, 0.6) is 5.75 Å². The molecule has 0 amide bonds. The maximum absolute atomic E-state index is 5.37. The minimum Gasteiger partial charge on any atom is -0.496 e. The normalized spacial score (nSPS) is 20.2. The Kier molecular flexibility index (Phi) is 4.43. The van der Waals surface area contributed by atoms with Crippen molar-refractivity contribution in [2.24, 2.45) is 0 Å². The molecule has 0 radical (unpaired) electrons. The average Bonchev–Trinajstić information content (AvgIpc) is 2.40. The van der Waals surface area contributed by atoms with Crippen LogP contribution in [-0.4, -0.2) is 19.7 Å². The second-order valence-electron chi connectivity index (χ2n) is 4.85. The molecule has 17 heavy (non-hydrogen) atoms. The van der Waals surface area contributed by atoms with Gasteiger partial charge in [0.25, 0.3) is 0 Å². The van der Waals surface area contributed by atoms with Gasteiger partial charge in [0.1, 0.15) is 5.75 Å². The number of methoxy groups -OCH3 is 1. The maximum Gasteiger partial charge on any atom is 0.122 e. The number of nitrogens with one attached hydrogen (secondary N) is 1. The number of hydrogen-bond donors (Lipinski definition) is 1. The molecule has 94 valence electrons. The Morgan fingerprint density at radius 1 is 1.35 bits per heavy atom. The zero-order chi connectivity index (χ0) is 12.1. The van der Waals surface area contributed by atoms with Gasteiger partial charge in [-0.05, 0) is 49.4 Å². The molecule has 1 aromatic rings. The van der Waals surface area contributed by atoms with Crippen molar-refractivity contribution in [1.82, 2.24) is 5.32 Å². The average molecular weight is 233 g/mol. The Bertz CT molecular complexity index is 356. The SMILES string of the molecule is CCc1cc(CC2CCCCN2)ccc1OC. The molecule has 1 aliphatic rings. The summed E-state index contributed by atoms with van der Waals surface area (Å²) < 4.78 is 5.37. The maximum atomic E-state index is 5.37. The zero-order valence-corrected chi connectivity index (χ0v) is 11.0. The van der Waals surface area contributed by atoms with E-state index in [1.807, 2.05) is 0 Å². The van der Waals surface area contributed by atoms with Gasteiger partial charge in [-0.3, -0.25) is 0 Å². The third-order valence-corrected chi connectivity index (χ3v) is 3.62. The molecule has 1 saturated heterocycles. The highest BCUT2D eigenvalue weighted by Crippen LogP contribution is 2.22. The fourth-order valence-electron chi connectivity index (χ4n) is 2.62. The van der Waals surface area contributed by atoms with Crippen LogP contribution in [0.2, 0.25) is 0 Å². The van der Waals surface area contributed by atoms with Crippen LogP contribution in [0.3, 0.4) is 0 Å². The number of aryl methyl sites for hydroxylation is 1. The molecule has 2 nitrogen and oxygen atoms in total. The smallest absolute Gasteiger partial charge is 0.122 e. The molecule has 0 aromatic heterocycles. The van der Waals surface area contributed by atoms with Crippen LogP contribution < -0.4 is 10.1 Å². The van der Waals surface area contributed by atoms with Gasteiger partial charge < -0.3 is 10.1 Å². The van der Waals surface area contributed by atoms with Gasteiger partial charge >= 0.3 is 0 Å². The number of piperidine rings is 1. The highest BCUT2D eigenvalue weighted by Gasteiger charge is 2.13. The summed E-state index contributed by atoms with van der Waals surface area (Å²) >= 11 is 0. The molecule has 1 aliphatic heterocycles. The van der Waals surface area contributed by atoms with E-state index >= 15 is 0 Å². The molecule has 0 saturated carbocycles. The van der Waals surface area contributed by atoms with Gasteiger partial charge in [-0.25, -0.2) is 0 Å². The lowest BCUT2D eigenvalue weighted by Crippen LogP contribution is -2.35. The van der Waals surface area contributed by atoms with E-state index in [1.54, 1.807) is 7.11 Å². The van der Waals surface area contributed by atoms with Crippen LogP contribution in [0, 0.1) is 0 Å².